The van der Waals surface area contributed by atoms with Crippen LogP contribution in [-0.2, 0) is 0 Å². The van der Waals surface area contributed by atoms with Crippen molar-refractivity contribution < 1.29 is 0 Å². The van der Waals surface area contributed by atoms with Gasteiger partial charge in [-0.05, 0) is 17.3 Å². The fourth-order valence-electron chi connectivity index (χ4n) is 2.26. The number of nitrogens with zero attached hydrogens (tertiary/aromatic N) is 3. The molecule has 4 rings (SSSR count). The lowest BCUT2D eigenvalue weighted by Gasteiger charge is -2.03. The van der Waals surface area contributed by atoms with Gasteiger partial charge in [-0.1, -0.05) is 30.3 Å². The van der Waals surface area contributed by atoms with Crippen molar-refractivity contribution in [2.75, 3.05) is 0 Å². The topological polar surface area (TPSA) is 78.3 Å². The SMILES string of the molecule is N=c1c2ccccc2sc2cc(-c3nn[nH]n3)ccc12. The van der Waals surface area contributed by atoms with E-state index in [1.165, 1.54) is 0 Å². The smallest absolute Gasteiger partial charge is 0.204 e. The second-order valence-corrected chi connectivity index (χ2v) is 5.50. The van der Waals surface area contributed by atoms with Gasteiger partial charge in [-0.25, -0.2) is 0 Å². The summed E-state index contributed by atoms with van der Waals surface area (Å²) in [6, 6.07) is 13.9. The van der Waals surface area contributed by atoms with Gasteiger partial charge in [0.25, 0.3) is 0 Å². The van der Waals surface area contributed by atoms with Crippen molar-refractivity contribution in [2.45, 2.75) is 0 Å². The number of nitrogens with one attached hydrogen (secondary N) is 2. The van der Waals surface area contributed by atoms with E-state index in [0.29, 0.717) is 11.2 Å². The Labute approximate surface area is 117 Å². The first-order chi connectivity index (χ1) is 9.83. The van der Waals surface area contributed by atoms with Gasteiger partial charge in [0.1, 0.15) is 0 Å². The van der Waals surface area contributed by atoms with Gasteiger partial charge < -0.3 is 0 Å². The Kier molecular flexibility index (Phi) is 2.37. The molecule has 96 valence electrons. The summed E-state index contributed by atoms with van der Waals surface area (Å²) < 4.78 is 2.16. The highest BCUT2D eigenvalue weighted by molar-refractivity contribution is 7.24. The molecule has 0 atom stereocenters. The number of benzene rings is 2. The van der Waals surface area contributed by atoms with Gasteiger partial charge in [0.15, 0.2) is 0 Å². The third-order valence-electron chi connectivity index (χ3n) is 3.23. The first-order valence-corrected chi connectivity index (χ1v) is 6.88. The third-order valence-corrected chi connectivity index (χ3v) is 4.36. The minimum absolute atomic E-state index is 0.564. The molecule has 6 heteroatoms. The third kappa shape index (κ3) is 1.62. The van der Waals surface area contributed by atoms with E-state index in [4.69, 9.17) is 5.41 Å². The van der Waals surface area contributed by atoms with Crippen molar-refractivity contribution >= 4 is 31.5 Å². The van der Waals surface area contributed by atoms with Crippen LogP contribution in [-0.4, -0.2) is 20.6 Å². The molecule has 2 aromatic carbocycles. The Morgan fingerprint density at radius 3 is 2.70 bits per heavy atom. The zero-order chi connectivity index (χ0) is 13.5. The van der Waals surface area contributed by atoms with E-state index in [1.54, 1.807) is 11.3 Å². The molecule has 4 aromatic rings. The molecule has 0 aliphatic carbocycles. The number of aromatic amines is 1. The Bertz CT molecular complexity index is 972. The molecule has 0 spiro atoms. The monoisotopic (exact) mass is 279 g/mol. The molecular weight excluding hydrogens is 270 g/mol. The summed E-state index contributed by atoms with van der Waals surface area (Å²) in [5.74, 6) is 0.568. The highest BCUT2D eigenvalue weighted by Gasteiger charge is 2.07. The van der Waals surface area contributed by atoms with Gasteiger partial charge >= 0.3 is 0 Å². The number of H-pyrrole nitrogens is 1. The number of rotatable bonds is 1. The summed E-state index contributed by atoms with van der Waals surface area (Å²) in [7, 11) is 0. The molecule has 2 N–H and O–H groups in total. The maximum absolute atomic E-state index is 8.33. The second-order valence-electron chi connectivity index (χ2n) is 4.42. The summed E-state index contributed by atoms with van der Waals surface area (Å²) >= 11 is 1.67. The van der Waals surface area contributed by atoms with E-state index in [0.717, 1.165) is 25.7 Å². The van der Waals surface area contributed by atoms with Crippen LogP contribution in [0.5, 0.6) is 0 Å². The second kappa shape index (κ2) is 4.21. The molecule has 0 amide bonds. The average Bonchev–Trinajstić information content (AvgIpc) is 3.01. The normalized spacial score (nSPS) is 11.2. The first kappa shape index (κ1) is 11.2. The van der Waals surface area contributed by atoms with Crippen molar-refractivity contribution in [1.29, 1.82) is 5.41 Å². The Balaban J connectivity index is 2.08. The van der Waals surface area contributed by atoms with Crippen LogP contribution in [0.1, 0.15) is 0 Å². The van der Waals surface area contributed by atoms with Crippen LogP contribution in [0.4, 0.5) is 0 Å². The standard InChI is InChI=1S/C14H9N5S/c15-13-9-3-1-2-4-11(9)20-12-7-8(5-6-10(12)13)14-16-18-19-17-14/h1-7,15H,(H,16,17,18,19). The van der Waals surface area contributed by atoms with Gasteiger partial charge in [-0.2, -0.15) is 5.21 Å². The molecule has 0 bridgehead atoms. The summed E-state index contributed by atoms with van der Waals surface area (Å²) in [6.45, 7) is 0. The fourth-order valence-corrected chi connectivity index (χ4v) is 3.39. The van der Waals surface area contributed by atoms with Crippen LogP contribution in [0.25, 0.3) is 31.6 Å². The summed E-state index contributed by atoms with van der Waals surface area (Å²) in [5.41, 5.74) is 0.900. The number of tetrazole rings is 1. The van der Waals surface area contributed by atoms with Crippen molar-refractivity contribution in [3.8, 4) is 11.4 Å². The molecule has 0 aliphatic heterocycles. The molecule has 2 heterocycles. The van der Waals surface area contributed by atoms with Crippen molar-refractivity contribution in [2.24, 2.45) is 0 Å². The lowest BCUT2D eigenvalue weighted by Crippen LogP contribution is -2.01. The Morgan fingerprint density at radius 1 is 1.00 bits per heavy atom. The van der Waals surface area contributed by atoms with Crippen LogP contribution in [0.3, 0.4) is 0 Å². The van der Waals surface area contributed by atoms with Gasteiger partial charge in [0, 0.05) is 25.7 Å². The number of hydrogen-bond acceptors (Lipinski definition) is 5. The highest BCUT2D eigenvalue weighted by atomic mass is 32.1. The number of fused-ring (bicyclic) bond motifs is 2. The number of aromatic nitrogens is 4. The lowest BCUT2D eigenvalue weighted by molar-refractivity contribution is 0.881. The molecule has 0 saturated heterocycles. The molecule has 0 radical (unpaired) electrons. The first-order valence-electron chi connectivity index (χ1n) is 6.07. The van der Waals surface area contributed by atoms with Crippen molar-refractivity contribution in [3.05, 3.63) is 47.8 Å². The summed E-state index contributed by atoms with van der Waals surface area (Å²) in [4.78, 5) is 0. The number of hydrogen-bond donors (Lipinski definition) is 2. The maximum Gasteiger partial charge on any atom is 0.204 e. The predicted molar refractivity (Wildman–Crippen MR) is 78.4 cm³/mol. The molecule has 0 unspecified atom stereocenters. The molecule has 0 saturated carbocycles. The minimum Gasteiger partial charge on any atom is -0.300 e. The van der Waals surface area contributed by atoms with E-state index < -0.39 is 0 Å². The quantitative estimate of drug-likeness (QED) is 0.526. The minimum atomic E-state index is 0.564. The predicted octanol–water partition coefficient (Wildman–Crippen LogP) is 2.71. The van der Waals surface area contributed by atoms with Gasteiger partial charge in [0.05, 0.1) is 5.36 Å². The summed E-state index contributed by atoms with van der Waals surface area (Å²) in [5, 5.41) is 24.8. The van der Waals surface area contributed by atoms with E-state index in [-0.39, 0.29) is 0 Å². The van der Waals surface area contributed by atoms with Crippen LogP contribution in [0, 0.1) is 5.41 Å². The Hall–Kier alpha value is -2.60. The largest absolute Gasteiger partial charge is 0.300 e. The zero-order valence-electron chi connectivity index (χ0n) is 10.3. The molecule has 2 aromatic heterocycles. The molecule has 5 nitrogen and oxygen atoms in total. The average molecular weight is 279 g/mol. The molecule has 0 aliphatic rings. The fraction of sp³-hybridized carbons (Fsp3) is 0. The Morgan fingerprint density at radius 2 is 1.85 bits per heavy atom. The van der Waals surface area contributed by atoms with E-state index in [9.17, 15) is 0 Å². The maximum atomic E-state index is 8.33. The summed E-state index contributed by atoms with van der Waals surface area (Å²) in [6.07, 6.45) is 0. The van der Waals surface area contributed by atoms with Gasteiger partial charge in [-0.3, -0.25) is 5.41 Å². The van der Waals surface area contributed by atoms with Crippen LogP contribution < -0.4 is 5.36 Å². The van der Waals surface area contributed by atoms with Crippen molar-refractivity contribution in [1.82, 2.24) is 20.6 Å². The zero-order valence-corrected chi connectivity index (χ0v) is 11.1. The lowest BCUT2D eigenvalue weighted by atomic mass is 10.1. The van der Waals surface area contributed by atoms with E-state index >= 15 is 0 Å². The molecular formula is C14H9N5S. The van der Waals surface area contributed by atoms with Crippen LogP contribution >= 0.6 is 11.3 Å². The highest BCUT2D eigenvalue weighted by Crippen LogP contribution is 2.27. The molecule has 20 heavy (non-hydrogen) atoms. The van der Waals surface area contributed by atoms with Crippen molar-refractivity contribution in [3.63, 3.8) is 0 Å². The van der Waals surface area contributed by atoms with Gasteiger partial charge in [0.2, 0.25) is 5.82 Å². The van der Waals surface area contributed by atoms with E-state index in [1.807, 2.05) is 42.5 Å². The van der Waals surface area contributed by atoms with Gasteiger partial charge in [-0.15, -0.1) is 21.5 Å². The van der Waals surface area contributed by atoms with Crippen LogP contribution in [0.2, 0.25) is 0 Å². The van der Waals surface area contributed by atoms with Crippen LogP contribution in [0.15, 0.2) is 42.5 Å². The molecule has 0 fully saturated rings. The van der Waals surface area contributed by atoms with E-state index in [2.05, 4.69) is 20.6 Å².